The predicted octanol–water partition coefficient (Wildman–Crippen LogP) is 3.35. The Kier molecular flexibility index (Phi) is 4.49. The lowest BCUT2D eigenvalue weighted by Crippen LogP contribution is -2.21. The first kappa shape index (κ1) is 15.7. The van der Waals surface area contributed by atoms with Crippen LogP contribution < -0.4 is 16.6 Å². The second-order valence-corrected chi connectivity index (χ2v) is 7.14. The van der Waals surface area contributed by atoms with Gasteiger partial charge in [0.1, 0.15) is 17.5 Å². The molecular formula is C15H23N5S. The van der Waals surface area contributed by atoms with Crippen LogP contribution in [0.25, 0.3) is 0 Å². The molecule has 0 aliphatic heterocycles. The number of aromatic nitrogens is 2. The lowest BCUT2D eigenvalue weighted by atomic mass is 9.95. The molecular weight excluding hydrogens is 282 g/mol. The van der Waals surface area contributed by atoms with E-state index in [1.807, 2.05) is 6.92 Å². The number of hydrazine groups is 1. The van der Waals surface area contributed by atoms with Crippen molar-refractivity contribution in [1.82, 2.24) is 9.97 Å². The summed E-state index contributed by atoms with van der Waals surface area (Å²) in [6, 6.07) is 2.13. The average Bonchev–Trinajstić information content (AvgIpc) is 2.82. The zero-order valence-corrected chi connectivity index (χ0v) is 14.1. The normalized spacial score (nSPS) is 11.5. The molecule has 0 fully saturated rings. The second-order valence-electron chi connectivity index (χ2n) is 6.14. The minimum absolute atomic E-state index is 0.130. The maximum absolute atomic E-state index is 5.58. The van der Waals surface area contributed by atoms with Crippen molar-refractivity contribution in [3.8, 4) is 0 Å². The molecule has 0 saturated heterocycles. The van der Waals surface area contributed by atoms with Gasteiger partial charge in [0, 0.05) is 15.9 Å². The molecule has 2 aromatic rings. The largest absolute Gasteiger partial charge is 0.365 e. The molecule has 6 heteroatoms. The number of hydrogen-bond donors (Lipinski definition) is 3. The van der Waals surface area contributed by atoms with Crippen molar-refractivity contribution < 1.29 is 0 Å². The van der Waals surface area contributed by atoms with Crippen LogP contribution in [0.4, 0.5) is 11.6 Å². The van der Waals surface area contributed by atoms with Crippen molar-refractivity contribution in [3.63, 3.8) is 0 Å². The lowest BCUT2D eigenvalue weighted by molar-refractivity contribution is 0.546. The van der Waals surface area contributed by atoms with Crippen LogP contribution in [0.5, 0.6) is 0 Å². The van der Waals surface area contributed by atoms with Gasteiger partial charge in [-0.3, -0.25) is 0 Å². The molecule has 0 saturated carbocycles. The van der Waals surface area contributed by atoms with E-state index in [0.29, 0.717) is 5.82 Å². The van der Waals surface area contributed by atoms with Gasteiger partial charge in [-0.1, -0.05) is 20.8 Å². The third-order valence-corrected chi connectivity index (χ3v) is 4.36. The monoisotopic (exact) mass is 305 g/mol. The van der Waals surface area contributed by atoms with E-state index in [1.54, 1.807) is 11.3 Å². The van der Waals surface area contributed by atoms with Crippen LogP contribution in [-0.4, -0.2) is 9.97 Å². The number of aryl methyl sites for hydroxylation is 1. The van der Waals surface area contributed by atoms with Crippen molar-refractivity contribution in [2.75, 3.05) is 10.7 Å². The van der Waals surface area contributed by atoms with E-state index in [1.165, 1.54) is 10.4 Å². The van der Waals surface area contributed by atoms with Crippen LogP contribution in [-0.2, 0) is 12.0 Å². The van der Waals surface area contributed by atoms with E-state index in [0.717, 1.165) is 23.8 Å². The average molecular weight is 305 g/mol. The smallest absolute Gasteiger partial charge is 0.148 e. The highest BCUT2D eigenvalue weighted by Gasteiger charge is 2.21. The topological polar surface area (TPSA) is 75.9 Å². The van der Waals surface area contributed by atoms with Crippen LogP contribution in [0.3, 0.4) is 0 Å². The third-order valence-electron chi connectivity index (χ3n) is 3.34. The zero-order chi connectivity index (χ0) is 15.6. The number of nitrogen functional groups attached to an aromatic ring is 1. The molecule has 2 aromatic heterocycles. The molecule has 0 aliphatic rings. The summed E-state index contributed by atoms with van der Waals surface area (Å²) < 4.78 is 0. The summed E-state index contributed by atoms with van der Waals surface area (Å²) in [5, 5.41) is 5.51. The molecule has 0 spiro atoms. The van der Waals surface area contributed by atoms with Crippen LogP contribution in [0.1, 0.15) is 42.6 Å². The third kappa shape index (κ3) is 3.51. The molecule has 5 nitrogen and oxygen atoms in total. The maximum atomic E-state index is 5.58. The summed E-state index contributed by atoms with van der Waals surface area (Å²) in [5.41, 5.74) is 4.76. The van der Waals surface area contributed by atoms with Gasteiger partial charge < -0.3 is 10.7 Å². The number of nitrogens with one attached hydrogen (secondary N) is 2. The Bertz CT molecular complexity index is 627. The molecule has 114 valence electrons. The fraction of sp³-hybridized carbons (Fsp3) is 0.467. The quantitative estimate of drug-likeness (QED) is 0.596. The Labute approximate surface area is 130 Å². The number of nitrogens with zero attached hydrogens (tertiary/aromatic N) is 2. The van der Waals surface area contributed by atoms with E-state index in [9.17, 15) is 0 Å². The second kappa shape index (κ2) is 5.99. The van der Waals surface area contributed by atoms with Gasteiger partial charge in [-0.2, -0.15) is 0 Å². The molecule has 21 heavy (non-hydrogen) atoms. The molecule has 0 atom stereocenters. The molecule has 0 aliphatic carbocycles. The van der Waals surface area contributed by atoms with E-state index in [4.69, 9.17) is 5.84 Å². The van der Waals surface area contributed by atoms with Gasteiger partial charge in [0.2, 0.25) is 0 Å². The molecule has 2 rings (SSSR count). The molecule has 0 amide bonds. The first-order valence-corrected chi connectivity index (χ1v) is 7.83. The van der Waals surface area contributed by atoms with Gasteiger partial charge in [-0.25, -0.2) is 15.8 Å². The van der Waals surface area contributed by atoms with Crippen molar-refractivity contribution in [1.29, 1.82) is 0 Å². The first-order valence-electron chi connectivity index (χ1n) is 6.95. The van der Waals surface area contributed by atoms with Gasteiger partial charge in [0.05, 0.1) is 6.54 Å². The van der Waals surface area contributed by atoms with E-state index < -0.39 is 0 Å². The number of hydrogen-bond acceptors (Lipinski definition) is 6. The van der Waals surface area contributed by atoms with Crippen LogP contribution in [0, 0.1) is 13.8 Å². The number of nitrogens with two attached hydrogens (primary N) is 1. The number of thiophene rings is 1. The summed E-state index contributed by atoms with van der Waals surface area (Å²) in [6.45, 7) is 11.1. The van der Waals surface area contributed by atoms with Gasteiger partial charge in [-0.15, -0.1) is 11.3 Å². The van der Waals surface area contributed by atoms with Crippen molar-refractivity contribution >= 4 is 23.0 Å². The summed E-state index contributed by atoms with van der Waals surface area (Å²) in [4.78, 5) is 10.5. The Morgan fingerprint density at radius 1 is 1.19 bits per heavy atom. The SMILES string of the molecule is Cc1ccsc1CNc1nc(C(C)(C)C)nc(NN)c1C. The van der Waals surface area contributed by atoms with Gasteiger partial charge >= 0.3 is 0 Å². The fourth-order valence-corrected chi connectivity index (χ4v) is 2.76. The van der Waals surface area contributed by atoms with E-state index in [2.05, 4.69) is 59.9 Å². The van der Waals surface area contributed by atoms with Crippen LogP contribution in [0.15, 0.2) is 11.4 Å². The highest BCUT2D eigenvalue weighted by atomic mass is 32.1. The molecule has 2 heterocycles. The van der Waals surface area contributed by atoms with Gasteiger partial charge in [0.25, 0.3) is 0 Å². The van der Waals surface area contributed by atoms with Crippen molar-refractivity contribution in [2.24, 2.45) is 5.84 Å². The van der Waals surface area contributed by atoms with Crippen molar-refractivity contribution in [2.45, 2.75) is 46.6 Å². The first-order chi connectivity index (χ1) is 9.82. The maximum Gasteiger partial charge on any atom is 0.148 e. The molecule has 0 radical (unpaired) electrons. The Morgan fingerprint density at radius 3 is 2.38 bits per heavy atom. The van der Waals surface area contributed by atoms with Crippen LogP contribution in [0.2, 0.25) is 0 Å². The standard InChI is InChI=1S/C15H23N5S/c1-9-6-7-21-11(9)8-17-12-10(2)13(20-16)19-14(18-12)15(3,4)5/h6-7H,8,16H2,1-5H3,(H2,17,18,19,20). The van der Waals surface area contributed by atoms with Gasteiger partial charge in [0.15, 0.2) is 0 Å². The van der Waals surface area contributed by atoms with Crippen molar-refractivity contribution in [3.05, 3.63) is 33.3 Å². The minimum Gasteiger partial charge on any atom is -0.365 e. The Hall–Kier alpha value is -1.66. The predicted molar refractivity (Wildman–Crippen MR) is 89.7 cm³/mol. The van der Waals surface area contributed by atoms with Gasteiger partial charge in [-0.05, 0) is 30.9 Å². The highest BCUT2D eigenvalue weighted by Crippen LogP contribution is 2.26. The minimum atomic E-state index is -0.130. The number of anilines is 2. The summed E-state index contributed by atoms with van der Waals surface area (Å²) in [5.74, 6) is 7.85. The summed E-state index contributed by atoms with van der Waals surface area (Å²) in [6.07, 6.45) is 0. The summed E-state index contributed by atoms with van der Waals surface area (Å²) >= 11 is 1.75. The molecule has 0 bridgehead atoms. The fourth-order valence-electron chi connectivity index (χ4n) is 1.91. The molecule has 0 unspecified atom stereocenters. The Morgan fingerprint density at radius 2 is 1.86 bits per heavy atom. The van der Waals surface area contributed by atoms with E-state index >= 15 is 0 Å². The molecule has 0 aromatic carbocycles. The van der Waals surface area contributed by atoms with E-state index in [-0.39, 0.29) is 5.41 Å². The summed E-state index contributed by atoms with van der Waals surface area (Å²) in [7, 11) is 0. The van der Waals surface area contributed by atoms with Crippen LogP contribution >= 0.6 is 11.3 Å². The zero-order valence-electron chi connectivity index (χ0n) is 13.2. The Balaban J connectivity index is 2.31. The number of rotatable bonds is 4. The lowest BCUT2D eigenvalue weighted by Gasteiger charge is -2.20. The molecule has 4 N–H and O–H groups in total. The highest BCUT2D eigenvalue weighted by molar-refractivity contribution is 7.10.